The van der Waals surface area contributed by atoms with Crippen LogP contribution < -0.4 is 16.1 Å². The summed E-state index contributed by atoms with van der Waals surface area (Å²) in [6, 6.07) is 3.80. The predicted octanol–water partition coefficient (Wildman–Crippen LogP) is 3.94. The summed E-state index contributed by atoms with van der Waals surface area (Å²) in [5, 5.41) is 6.90. The lowest BCUT2D eigenvalue weighted by Gasteiger charge is -2.34. The van der Waals surface area contributed by atoms with Gasteiger partial charge in [-0.25, -0.2) is 5.43 Å². The maximum Gasteiger partial charge on any atom is 0.324 e. The third kappa shape index (κ3) is 10.0. The van der Waals surface area contributed by atoms with Gasteiger partial charge in [-0.3, -0.25) is 24.2 Å². The summed E-state index contributed by atoms with van der Waals surface area (Å²) in [6.45, 7) is 15.5. The number of nitrogens with one attached hydrogen (secondary N) is 3. The molecule has 1 aliphatic rings. The zero-order valence-corrected chi connectivity index (χ0v) is 25.5. The molecular weight excluding hydrogens is 520 g/mol. The third-order valence-electron chi connectivity index (χ3n) is 7.15. The molecular formula is C32H46N4O5. The van der Waals surface area contributed by atoms with Crippen LogP contribution in [0.2, 0.25) is 0 Å². The van der Waals surface area contributed by atoms with Crippen molar-refractivity contribution in [3.63, 3.8) is 0 Å². The molecule has 0 radical (unpaired) electrons. The molecule has 9 heteroatoms. The largest absolute Gasteiger partial charge is 0.468 e. The Balaban J connectivity index is 1.98. The normalized spacial score (nSPS) is 17.8. The van der Waals surface area contributed by atoms with Crippen molar-refractivity contribution in [1.29, 1.82) is 0 Å². The van der Waals surface area contributed by atoms with Crippen molar-refractivity contribution in [2.45, 2.75) is 78.9 Å². The van der Waals surface area contributed by atoms with E-state index < -0.39 is 35.9 Å². The summed E-state index contributed by atoms with van der Waals surface area (Å²) in [5.41, 5.74) is 7.14. The molecule has 1 aromatic carbocycles. The molecule has 0 aromatic heterocycles. The van der Waals surface area contributed by atoms with Gasteiger partial charge >= 0.3 is 5.97 Å². The number of hydrogen-bond donors (Lipinski definition) is 3. The second kappa shape index (κ2) is 15.9. The van der Waals surface area contributed by atoms with Gasteiger partial charge in [-0.15, -0.1) is 0 Å². The molecule has 4 atom stereocenters. The van der Waals surface area contributed by atoms with Crippen LogP contribution in [-0.4, -0.2) is 60.5 Å². The lowest BCUT2D eigenvalue weighted by molar-refractivity contribution is -0.150. The number of allylic oxidation sites excluding steroid dienone is 2. The Morgan fingerprint density at radius 1 is 1.12 bits per heavy atom. The van der Waals surface area contributed by atoms with E-state index in [9.17, 15) is 19.2 Å². The van der Waals surface area contributed by atoms with E-state index in [1.807, 2.05) is 45.1 Å². The van der Waals surface area contributed by atoms with E-state index in [-0.39, 0.29) is 17.7 Å². The molecule has 1 aromatic rings. The minimum atomic E-state index is -0.858. The Bertz CT molecular complexity index is 1170. The predicted molar refractivity (Wildman–Crippen MR) is 162 cm³/mol. The number of esters is 1. The molecule has 3 N–H and O–H groups in total. The maximum atomic E-state index is 13.1. The van der Waals surface area contributed by atoms with Crippen LogP contribution in [0, 0.1) is 18.8 Å². The molecule has 0 spiro atoms. The Morgan fingerprint density at radius 3 is 2.44 bits per heavy atom. The van der Waals surface area contributed by atoms with Crippen LogP contribution >= 0.6 is 0 Å². The van der Waals surface area contributed by atoms with E-state index in [2.05, 4.69) is 41.7 Å². The first kappa shape index (κ1) is 33.5. The monoisotopic (exact) mass is 566 g/mol. The molecule has 3 amide bonds. The highest BCUT2D eigenvalue weighted by atomic mass is 16.5. The topological polar surface area (TPSA) is 117 Å². The number of carbonyl (C=O) groups is 4. The molecule has 224 valence electrons. The van der Waals surface area contributed by atoms with Crippen molar-refractivity contribution in [2.24, 2.45) is 11.8 Å². The number of ether oxygens (including phenoxy) is 1. The van der Waals surface area contributed by atoms with E-state index in [1.54, 1.807) is 19.9 Å². The quantitative estimate of drug-likeness (QED) is 0.261. The van der Waals surface area contributed by atoms with Crippen LogP contribution in [0.1, 0.15) is 70.6 Å². The zero-order valence-electron chi connectivity index (χ0n) is 25.5. The van der Waals surface area contributed by atoms with E-state index in [4.69, 9.17) is 4.74 Å². The molecule has 1 aliphatic heterocycles. The number of nitrogens with zero attached hydrogens (tertiary/aromatic N) is 1. The highest BCUT2D eigenvalue weighted by Crippen LogP contribution is 2.17. The van der Waals surface area contributed by atoms with Crippen molar-refractivity contribution in [2.75, 3.05) is 13.7 Å². The molecule has 0 aliphatic carbocycles. The second-order valence-electron chi connectivity index (χ2n) is 10.9. The van der Waals surface area contributed by atoms with Gasteiger partial charge in [0.25, 0.3) is 5.91 Å². The Kier molecular flexibility index (Phi) is 13.0. The number of methoxy groups -OCH3 is 1. The summed E-state index contributed by atoms with van der Waals surface area (Å²) >= 11 is 0. The Hall–Kier alpha value is -3.72. The minimum Gasteiger partial charge on any atom is -0.468 e. The average Bonchev–Trinajstić information content (AvgIpc) is 2.96. The summed E-state index contributed by atoms with van der Waals surface area (Å²) < 4.78 is 4.77. The number of carbonyl (C=O) groups excluding carboxylic acids is 4. The van der Waals surface area contributed by atoms with Gasteiger partial charge in [-0.05, 0) is 55.7 Å². The van der Waals surface area contributed by atoms with Gasteiger partial charge in [0.1, 0.15) is 18.1 Å². The molecule has 9 nitrogen and oxygen atoms in total. The molecule has 2 rings (SSSR count). The number of benzene rings is 1. The SMILES string of the molecule is C=C(C=Cc1ccc(C=CC(C)C(=O)NC(C(=O)NC(C)C(=O)N2CCCC(C(=O)OC)N2)C(C)C)cc1C)CC. The van der Waals surface area contributed by atoms with Crippen LogP contribution in [0.15, 0.2) is 42.5 Å². The summed E-state index contributed by atoms with van der Waals surface area (Å²) in [5.74, 6) is -2.24. The van der Waals surface area contributed by atoms with Gasteiger partial charge in [0.2, 0.25) is 11.8 Å². The van der Waals surface area contributed by atoms with Crippen LogP contribution in [0.25, 0.3) is 12.2 Å². The van der Waals surface area contributed by atoms with Gasteiger partial charge in [0.15, 0.2) is 0 Å². The van der Waals surface area contributed by atoms with E-state index in [1.165, 1.54) is 12.1 Å². The first-order valence-electron chi connectivity index (χ1n) is 14.3. The summed E-state index contributed by atoms with van der Waals surface area (Å²) in [4.78, 5) is 50.9. The lowest BCUT2D eigenvalue weighted by atomic mass is 10.00. The van der Waals surface area contributed by atoms with E-state index >= 15 is 0 Å². The fourth-order valence-corrected chi connectivity index (χ4v) is 4.33. The van der Waals surface area contributed by atoms with Crippen molar-refractivity contribution in [1.82, 2.24) is 21.1 Å². The van der Waals surface area contributed by atoms with Gasteiger partial charge in [0.05, 0.1) is 13.0 Å². The van der Waals surface area contributed by atoms with Gasteiger partial charge < -0.3 is 15.4 Å². The molecule has 1 heterocycles. The standard InChI is InChI=1S/C32H46N4O5/c1-9-21(4)12-16-26-17-15-25(19-23(26)6)14-13-22(5)29(37)34-28(20(2)3)30(38)33-24(7)31(39)36-18-10-11-27(35-36)32(40)41-8/h12-17,19-20,22,24,27-28,35H,4,9-11,18H2,1-3,5-8H3,(H,33,38)(H,34,37). The van der Waals surface area contributed by atoms with Gasteiger partial charge in [0, 0.05) is 6.54 Å². The zero-order chi connectivity index (χ0) is 30.7. The number of amides is 3. The number of rotatable bonds is 12. The lowest BCUT2D eigenvalue weighted by Crippen LogP contribution is -2.61. The maximum absolute atomic E-state index is 13.1. The Labute approximate surface area is 244 Å². The molecule has 0 bridgehead atoms. The summed E-state index contributed by atoms with van der Waals surface area (Å²) in [6.07, 6.45) is 9.87. The first-order chi connectivity index (χ1) is 19.4. The fourth-order valence-electron chi connectivity index (χ4n) is 4.33. The molecule has 1 saturated heterocycles. The Morgan fingerprint density at radius 2 is 1.83 bits per heavy atom. The first-order valence-corrected chi connectivity index (χ1v) is 14.3. The highest BCUT2D eigenvalue weighted by molar-refractivity contribution is 5.93. The number of hydrazine groups is 1. The van der Waals surface area contributed by atoms with Crippen molar-refractivity contribution in [3.8, 4) is 0 Å². The minimum absolute atomic E-state index is 0.207. The van der Waals surface area contributed by atoms with Crippen LogP contribution in [0.4, 0.5) is 0 Å². The number of hydrogen-bond acceptors (Lipinski definition) is 6. The van der Waals surface area contributed by atoms with Crippen molar-refractivity contribution in [3.05, 3.63) is 59.2 Å². The smallest absolute Gasteiger partial charge is 0.324 e. The van der Waals surface area contributed by atoms with Crippen LogP contribution in [0.5, 0.6) is 0 Å². The van der Waals surface area contributed by atoms with Gasteiger partial charge in [-0.2, -0.15) is 0 Å². The van der Waals surface area contributed by atoms with E-state index in [0.717, 1.165) is 28.7 Å². The molecule has 41 heavy (non-hydrogen) atoms. The second-order valence-corrected chi connectivity index (χ2v) is 10.9. The van der Waals surface area contributed by atoms with E-state index in [0.29, 0.717) is 19.4 Å². The highest BCUT2D eigenvalue weighted by Gasteiger charge is 2.33. The fraction of sp³-hybridized carbons (Fsp3) is 0.500. The number of aryl methyl sites for hydroxylation is 1. The van der Waals surface area contributed by atoms with Crippen molar-refractivity contribution >= 4 is 35.8 Å². The molecule has 4 unspecified atom stereocenters. The van der Waals surface area contributed by atoms with Crippen LogP contribution in [-0.2, 0) is 23.9 Å². The molecule has 1 fully saturated rings. The van der Waals surface area contributed by atoms with Crippen LogP contribution in [0.3, 0.4) is 0 Å². The van der Waals surface area contributed by atoms with Gasteiger partial charge in [-0.1, -0.05) is 82.4 Å². The third-order valence-corrected chi connectivity index (χ3v) is 7.15. The molecule has 0 saturated carbocycles. The van der Waals surface area contributed by atoms with Crippen molar-refractivity contribution < 1.29 is 23.9 Å². The average molecular weight is 567 g/mol. The summed E-state index contributed by atoms with van der Waals surface area (Å²) in [7, 11) is 1.30.